The molecule has 1 atom stereocenters. The average molecular weight is 256 g/mol. The number of unbranched alkanes of at least 4 members (excludes halogenated alkanes) is 3. The Labute approximate surface area is 113 Å². The number of nitrogens with zero attached hydrogens (tertiary/aromatic N) is 1. The molecule has 0 saturated carbocycles. The third-order valence-electron chi connectivity index (χ3n) is 4.06. The molecule has 3 heteroatoms. The fourth-order valence-electron chi connectivity index (χ4n) is 2.90. The van der Waals surface area contributed by atoms with Gasteiger partial charge in [-0.05, 0) is 26.2 Å². The Morgan fingerprint density at radius 1 is 1.17 bits per heavy atom. The smallest absolute Gasteiger partial charge is 0.0599 e. The van der Waals surface area contributed by atoms with Gasteiger partial charge >= 0.3 is 0 Å². The third-order valence-corrected chi connectivity index (χ3v) is 4.06. The van der Waals surface area contributed by atoms with Crippen LogP contribution in [0, 0.1) is 0 Å². The molecule has 0 aromatic carbocycles. The number of hydrogen-bond donors (Lipinski definition) is 1. The van der Waals surface area contributed by atoms with Gasteiger partial charge in [-0.25, -0.2) is 0 Å². The van der Waals surface area contributed by atoms with Gasteiger partial charge in [0.1, 0.15) is 0 Å². The van der Waals surface area contributed by atoms with E-state index < -0.39 is 0 Å². The lowest BCUT2D eigenvalue weighted by Crippen LogP contribution is -2.46. The predicted molar refractivity (Wildman–Crippen MR) is 77.8 cm³/mol. The molecule has 0 aliphatic carbocycles. The first-order valence-electron chi connectivity index (χ1n) is 7.87. The van der Waals surface area contributed by atoms with Crippen LogP contribution in [0.25, 0.3) is 0 Å². The molecule has 1 rings (SSSR count). The van der Waals surface area contributed by atoms with Crippen molar-refractivity contribution in [2.45, 2.75) is 70.9 Å². The van der Waals surface area contributed by atoms with Gasteiger partial charge in [-0.3, -0.25) is 4.90 Å². The van der Waals surface area contributed by atoms with Gasteiger partial charge in [0.15, 0.2) is 0 Å². The Morgan fingerprint density at radius 3 is 2.44 bits per heavy atom. The Morgan fingerprint density at radius 2 is 1.89 bits per heavy atom. The van der Waals surface area contributed by atoms with E-state index >= 15 is 0 Å². The van der Waals surface area contributed by atoms with Gasteiger partial charge < -0.3 is 10.5 Å². The fraction of sp³-hybridized carbons (Fsp3) is 1.00. The standard InChI is InChI=1S/C15H32N2O/c1-3-5-6-7-8-14(13-16)17-11-9-15(10-12-17)18-4-2/h14-15H,3-13,16H2,1-2H3. The second-order valence-corrected chi connectivity index (χ2v) is 5.43. The molecule has 1 aliphatic heterocycles. The number of hydrogen-bond acceptors (Lipinski definition) is 3. The Hall–Kier alpha value is -0.120. The number of piperidine rings is 1. The first kappa shape index (κ1) is 15.9. The van der Waals surface area contributed by atoms with Crippen molar-refractivity contribution in [1.82, 2.24) is 4.90 Å². The van der Waals surface area contributed by atoms with Crippen molar-refractivity contribution in [3.05, 3.63) is 0 Å². The summed E-state index contributed by atoms with van der Waals surface area (Å²) in [5.41, 5.74) is 5.94. The van der Waals surface area contributed by atoms with Crippen molar-refractivity contribution in [3.63, 3.8) is 0 Å². The second kappa shape index (κ2) is 9.76. The molecule has 1 unspecified atom stereocenters. The highest BCUT2D eigenvalue weighted by Crippen LogP contribution is 2.18. The highest BCUT2D eigenvalue weighted by atomic mass is 16.5. The van der Waals surface area contributed by atoms with E-state index in [9.17, 15) is 0 Å². The molecule has 1 saturated heterocycles. The van der Waals surface area contributed by atoms with Crippen molar-refractivity contribution >= 4 is 0 Å². The Bertz CT molecular complexity index is 188. The van der Waals surface area contributed by atoms with Crippen LogP contribution in [0.15, 0.2) is 0 Å². The number of likely N-dealkylation sites (tertiary alicyclic amines) is 1. The molecule has 0 aromatic heterocycles. The normalized spacial score (nSPS) is 20.2. The van der Waals surface area contributed by atoms with Gasteiger partial charge in [-0.15, -0.1) is 0 Å². The molecule has 0 bridgehead atoms. The minimum Gasteiger partial charge on any atom is -0.378 e. The number of nitrogens with two attached hydrogens (primary N) is 1. The van der Waals surface area contributed by atoms with Crippen molar-refractivity contribution in [2.75, 3.05) is 26.2 Å². The van der Waals surface area contributed by atoms with Crippen LogP contribution in [0.2, 0.25) is 0 Å². The number of rotatable bonds is 9. The maximum absolute atomic E-state index is 5.94. The summed E-state index contributed by atoms with van der Waals surface area (Å²) in [6.45, 7) is 8.34. The first-order chi connectivity index (χ1) is 8.81. The van der Waals surface area contributed by atoms with Gasteiger partial charge in [0.2, 0.25) is 0 Å². The molecular weight excluding hydrogens is 224 g/mol. The highest BCUT2D eigenvalue weighted by molar-refractivity contribution is 4.79. The van der Waals surface area contributed by atoms with E-state index in [0.29, 0.717) is 12.1 Å². The van der Waals surface area contributed by atoms with E-state index in [2.05, 4.69) is 18.7 Å². The molecule has 2 N–H and O–H groups in total. The van der Waals surface area contributed by atoms with Crippen LogP contribution in [0.5, 0.6) is 0 Å². The largest absolute Gasteiger partial charge is 0.378 e. The zero-order chi connectivity index (χ0) is 13.2. The maximum Gasteiger partial charge on any atom is 0.0599 e. The van der Waals surface area contributed by atoms with Gasteiger partial charge in [-0.1, -0.05) is 32.6 Å². The van der Waals surface area contributed by atoms with Crippen molar-refractivity contribution in [2.24, 2.45) is 5.73 Å². The molecule has 18 heavy (non-hydrogen) atoms. The van der Waals surface area contributed by atoms with Crippen LogP contribution in [0.4, 0.5) is 0 Å². The average Bonchev–Trinajstić information content (AvgIpc) is 2.41. The predicted octanol–water partition coefficient (Wildman–Crippen LogP) is 2.79. The van der Waals surface area contributed by atoms with Gasteiger partial charge in [-0.2, -0.15) is 0 Å². The monoisotopic (exact) mass is 256 g/mol. The van der Waals surface area contributed by atoms with Crippen LogP contribution >= 0.6 is 0 Å². The minimum atomic E-state index is 0.491. The van der Waals surface area contributed by atoms with Crippen molar-refractivity contribution < 1.29 is 4.74 Å². The fourth-order valence-corrected chi connectivity index (χ4v) is 2.90. The molecule has 1 fully saturated rings. The van der Waals surface area contributed by atoms with E-state index in [0.717, 1.165) is 13.2 Å². The van der Waals surface area contributed by atoms with Crippen LogP contribution in [0.1, 0.15) is 58.8 Å². The molecule has 1 aliphatic rings. The van der Waals surface area contributed by atoms with Crippen molar-refractivity contribution in [1.29, 1.82) is 0 Å². The summed E-state index contributed by atoms with van der Waals surface area (Å²) < 4.78 is 5.70. The molecule has 0 aromatic rings. The lowest BCUT2D eigenvalue weighted by atomic mass is 10.0. The van der Waals surface area contributed by atoms with Crippen LogP contribution in [-0.4, -0.2) is 43.3 Å². The van der Waals surface area contributed by atoms with Crippen LogP contribution in [0.3, 0.4) is 0 Å². The Balaban J connectivity index is 2.20. The lowest BCUT2D eigenvalue weighted by Gasteiger charge is -2.37. The molecule has 1 heterocycles. The highest BCUT2D eigenvalue weighted by Gasteiger charge is 2.23. The van der Waals surface area contributed by atoms with E-state index in [1.807, 2.05) is 0 Å². The summed E-state index contributed by atoms with van der Waals surface area (Å²) in [4.78, 5) is 2.58. The molecule has 0 radical (unpaired) electrons. The molecule has 0 spiro atoms. The summed E-state index contributed by atoms with van der Waals surface area (Å²) in [6, 6.07) is 0.601. The lowest BCUT2D eigenvalue weighted by molar-refractivity contribution is 0.00371. The Kier molecular flexibility index (Phi) is 8.64. The molecule has 108 valence electrons. The van der Waals surface area contributed by atoms with Gasteiger partial charge in [0.05, 0.1) is 6.10 Å². The second-order valence-electron chi connectivity index (χ2n) is 5.43. The summed E-state index contributed by atoms with van der Waals surface area (Å²) in [5, 5.41) is 0. The summed E-state index contributed by atoms with van der Waals surface area (Å²) in [5.74, 6) is 0. The third kappa shape index (κ3) is 5.68. The molecule has 3 nitrogen and oxygen atoms in total. The van der Waals surface area contributed by atoms with Crippen molar-refractivity contribution in [3.8, 4) is 0 Å². The SMILES string of the molecule is CCCCCCC(CN)N1CCC(OCC)CC1. The summed E-state index contributed by atoms with van der Waals surface area (Å²) >= 11 is 0. The maximum atomic E-state index is 5.94. The first-order valence-corrected chi connectivity index (χ1v) is 7.87. The molecule has 0 amide bonds. The molecular formula is C15H32N2O. The van der Waals surface area contributed by atoms with Gasteiger partial charge in [0.25, 0.3) is 0 Å². The number of ether oxygens (including phenoxy) is 1. The topological polar surface area (TPSA) is 38.5 Å². The summed E-state index contributed by atoms with van der Waals surface area (Å²) in [7, 11) is 0. The van der Waals surface area contributed by atoms with E-state index in [1.165, 1.54) is 58.0 Å². The van der Waals surface area contributed by atoms with Gasteiger partial charge in [0, 0.05) is 32.3 Å². The summed E-state index contributed by atoms with van der Waals surface area (Å²) in [6.07, 6.45) is 9.50. The van der Waals surface area contributed by atoms with E-state index in [-0.39, 0.29) is 0 Å². The van der Waals surface area contributed by atoms with Crippen LogP contribution < -0.4 is 5.73 Å². The van der Waals surface area contributed by atoms with E-state index in [4.69, 9.17) is 10.5 Å². The minimum absolute atomic E-state index is 0.491. The zero-order valence-electron chi connectivity index (χ0n) is 12.4. The zero-order valence-corrected chi connectivity index (χ0v) is 12.4. The van der Waals surface area contributed by atoms with Crippen LogP contribution in [-0.2, 0) is 4.74 Å². The van der Waals surface area contributed by atoms with E-state index in [1.54, 1.807) is 0 Å². The quantitative estimate of drug-likeness (QED) is 0.645.